The van der Waals surface area contributed by atoms with Gasteiger partial charge in [0.15, 0.2) is 0 Å². The SMILES string of the molecule is CCCCCCCCCCc1cccc(CCCCCCC)c1CCCCCCCCCC. The van der Waals surface area contributed by atoms with Crippen molar-refractivity contribution in [3.05, 3.63) is 34.9 Å². The van der Waals surface area contributed by atoms with Gasteiger partial charge in [-0.25, -0.2) is 0 Å². The van der Waals surface area contributed by atoms with Crippen LogP contribution in [0.15, 0.2) is 18.2 Å². The maximum Gasteiger partial charge on any atom is -0.0273 e. The Bertz CT molecular complexity index is 529. The number of benzene rings is 1. The van der Waals surface area contributed by atoms with Crippen LogP contribution < -0.4 is 0 Å². The number of rotatable bonds is 24. The van der Waals surface area contributed by atoms with Crippen molar-refractivity contribution >= 4 is 0 Å². The van der Waals surface area contributed by atoms with Crippen molar-refractivity contribution in [3.63, 3.8) is 0 Å². The number of aryl methyl sites for hydroxylation is 2. The third-order valence-corrected chi connectivity index (χ3v) is 7.50. The molecule has 1 aromatic rings. The van der Waals surface area contributed by atoms with E-state index in [-0.39, 0.29) is 0 Å². The van der Waals surface area contributed by atoms with Crippen molar-refractivity contribution in [2.75, 3.05) is 0 Å². The first-order valence-corrected chi connectivity index (χ1v) is 15.4. The molecular formula is C33H60. The lowest BCUT2D eigenvalue weighted by atomic mass is 9.90. The Labute approximate surface area is 209 Å². The summed E-state index contributed by atoms with van der Waals surface area (Å²) in [4.78, 5) is 0. The van der Waals surface area contributed by atoms with Gasteiger partial charge in [0.25, 0.3) is 0 Å². The molecule has 192 valence electrons. The Morgan fingerprint density at radius 1 is 0.364 bits per heavy atom. The Kier molecular flexibility index (Phi) is 21.1. The topological polar surface area (TPSA) is 0 Å². The first-order valence-electron chi connectivity index (χ1n) is 15.4. The van der Waals surface area contributed by atoms with Gasteiger partial charge in [0.1, 0.15) is 0 Å². The average molecular weight is 457 g/mol. The molecule has 0 aliphatic heterocycles. The fourth-order valence-electron chi connectivity index (χ4n) is 5.28. The first-order chi connectivity index (χ1) is 16.3. The van der Waals surface area contributed by atoms with Crippen molar-refractivity contribution in [3.8, 4) is 0 Å². The molecule has 0 amide bonds. The summed E-state index contributed by atoms with van der Waals surface area (Å²) in [5.74, 6) is 0. The highest BCUT2D eigenvalue weighted by Gasteiger charge is 2.09. The Morgan fingerprint density at radius 3 is 1.03 bits per heavy atom. The van der Waals surface area contributed by atoms with Crippen LogP contribution in [0.3, 0.4) is 0 Å². The Hall–Kier alpha value is -0.780. The van der Waals surface area contributed by atoms with Crippen molar-refractivity contribution < 1.29 is 0 Å². The van der Waals surface area contributed by atoms with E-state index >= 15 is 0 Å². The molecule has 0 saturated heterocycles. The third-order valence-electron chi connectivity index (χ3n) is 7.50. The van der Waals surface area contributed by atoms with Crippen molar-refractivity contribution in [2.45, 2.75) is 175 Å². The summed E-state index contributed by atoms with van der Waals surface area (Å²) in [5, 5.41) is 0. The molecule has 0 nitrogen and oxygen atoms in total. The van der Waals surface area contributed by atoms with E-state index < -0.39 is 0 Å². The third kappa shape index (κ3) is 16.5. The molecule has 0 fully saturated rings. The van der Waals surface area contributed by atoms with E-state index in [0.717, 1.165) is 0 Å². The molecule has 0 radical (unpaired) electrons. The van der Waals surface area contributed by atoms with Gasteiger partial charge in [-0.3, -0.25) is 0 Å². The van der Waals surface area contributed by atoms with Crippen molar-refractivity contribution in [2.24, 2.45) is 0 Å². The van der Waals surface area contributed by atoms with E-state index in [9.17, 15) is 0 Å². The second-order valence-corrected chi connectivity index (χ2v) is 10.7. The molecule has 0 atom stereocenters. The van der Waals surface area contributed by atoms with Gasteiger partial charge in [-0.05, 0) is 55.2 Å². The summed E-state index contributed by atoms with van der Waals surface area (Å²) >= 11 is 0. The number of hydrogen-bond donors (Lipinski definition) is 0. The van der Waals surface area contributed by atoms with Gasteiger partial charge in [-0.1, -0.05) is 155 Å². The lowest BCUT2D eigenvalue weighted by Gasteiger charge is -2.16. The zero-order valence-electron chi connectivity index (χ0n) is 23.2. The summed E-state index contributed by atoms with van der Waals surface area (Å²) in [6, 6.07) is 7.28. The lowest BCUT2D eigenvalue weighted by molar-refractivity contribution is 0.569. The van der Waals surface area contributed by atoms with Crippen LogP contribution in [0, 0.1) is 0 Å². The molecule has 0 saturated carbocycles. The highest BCUT2D eigenvalue weighted by molar-refractivity contribution is 5.36. The highest BCUT2D eigenvalue weighted by Crippen LogP contribution is 2.23. The molecule has 0 aromatic heterocycles. The van der Waals surface area contributed by atoms with E-state index in [1.54, 1.807) is 16.7 Å². The minimum atomic E-state index is 1.31. The van der Waals surface area contributed by atoms with E-state index in [1.807, 2.05) is 0 Å². The molecule has 1 rings (SSSR count). The second-order valence-electron chi connectivity index (χ2n) is 10.7. The monoisotopic (exact) mass is 456 g/mol. The van der Waals surface area contributed by atoms with Crippen molar-refractivity contribution in [1.29, 1.82) is 0 Å². The maximum absolute atomic E-state index is 2.46. The van der Waals surface area contributed by atoms with Crippen LogP contribution in [0.25, 0.3) is 0 Å². The van der Waals surface area contributed by atoms with Crippen LogP contribution in [0.2, 0.25) is 0 Å². The fourth-order valence-corrected chi connectivity index (χ4v) is 5.28. The smallest absolute Gasteiger partial charge is 0.0273 e. The minimum absolute atomic E-state index is 1.31. The van der Waals surface area contributed by atoms with Gasteiger partial charge in [0.05, 0.1) is 0 Å². The molecular weight excluding hydrogens is 396 g/mol. The minimum Gasteiger partial charge on any atom is -0.0654 e. The molecule has 0 unspecified atom stereocenters. The standard InChI is InChI=1S/C33H60/c1-4-7-10-13-15-17-20-23-27-32-29-25-28-31(26-22-19-12-9-6-3)33(32)30-24-21-18-16-14-11-8-5-2/h25,28-29H,4-24,26-27,30H2,1-3H3. The fraction of sp³-hybridized carbons (Fsp3) is 0.818. The van der Waals surface area contributed by atoms with Gasteiger partial charge in [0, 0.05) is 0 Å². The van der Waals surface area contributed by atoms with E-state index in [0.29, 0.717) is 0 Å². The van der Waals surface area contributed by atoms with Gasteiger partial charge < -0.3 is 0 Å². The van der Waals surface area contributed by atoms with Crippen LogP contribution in [-0.4, -0.2) is 0 Å². The van der Waals surface area contributed by atoms with Gasteiger partial charge in [0.2, 0.25) is 0 Å². The van der Waals surface area contributed by atoms with Crippen LogP contribution in [0.5, 0.6) is 0 Å². The van der Waals surface area contributed by atoms with Crippen LogP contribution >= 0.6 is 0 Å². The molecule has 0 heteroatoms. The van der Waals surface area contributed by atoms with Crippen LogP contribution in [-0.2, 0) is 19.3 Å². The normalized spacial score (nSPS) is 11.4. The zero-order valence-corrected chi connectivity index (χ0v) is 23.2. The second kappa shape index (κ2) is 23.0. The summed E-state index contributed by atoms with van der Waals surface area (Å²) in [6.07, 6.45) is 33.7. The molecule has 0 heterocycles. The molecule has 1 aromatic carbocycles. The largest absolute Gasteiger partial charge is 0.0654 e. The maximum atomic E-state index is 2.46. The van der Waals surface area contributed by atoms with Gasteiger partial charge in [-0.15, -0.1) is 0 Å². The Balaban J connectivity index is 2.48. The summed E-state index contributed by atoms with van der Waals surface area (Å²) in [6.45, 7) is 6.94. The molecule has 0 spiro atoms. The number of unbranched alkanes of at least 4 members (excludes halogenated alkanes) is 18. The van der Waals surface area contributed by atoms with E-state index in [1.165, 1.54) is 154 Å². The lowest BCUT2D eigenvalue weighted by Crippen LogP contribution is -2.02. The van der Waals surface area contributed by atoms with Crippen LogP contribution in [0.1, 0.15) is 172 Å². The predicted octanol–water partition coefficient (Wildman–Crippen LogP) is 11.6. The zero-order chi connectivity index (χ0) is 23.8. The first kappa shape index (κ1) is 30.3. The predicted molar refractivity (Wildman–Crippen MR) is 152 cm³/mol. The molecule has 0 aliphatic carbocycles. The van der Waals surface area contributed by atoms with E-state index in [4.69, 9.17) is 0 Å². The number of hydrogen-bond acceptors (Lipinski definition) is 0. The summed E-state index contributed by atoms with van der Waals surface area (Å²) in [5.41, 5.74) is 5.13. The molecule has 0 N–H and O–H groups in total. The van der Waals surface area contributed by atoms with Crippen LogP contribution in [0.4, 0.5) is 0 Å². The quantitative estimate of drug-likeness (QED) is 0.136. The summed E-state index contributed by atoms with van der Waals surface area (Å²) < 4.78 is 0. The molecule has 0 aliphatic rings. The van der Waals surface area contributed by atoms with Gasteiger partial charge >= 0.3 is 0 Å². The highest BCUT2D eigenvalue weighted by atomic mass is 14.1. The average Bonchev–Trinajstić information content (AvgIpc) is 2.83. The van der Waals surface area contributed by atoms with E-state index in [2.05, 4.69) is 39.0 Å². The van der Waals surface area contributed by atoms with Gasteiger partial charge in [-0.2, -0.15) is 0 Å². The summed E-state index contributed by atoms with van der Waals surface area (Å²) in [7, 11) is 0. The molecule has 0 bridgehead atoms. The molecule has 33 heavy (non-hydrogen) atoms. The Morgan fingerprint density at radius 2 is 0.667 bits per heavy atom. The van der Waals surface area contributed by atoms with Crippen molar-refractivity contribution in [1.82, 2.24) is 0 Å².